The van der Waals surface area contributed by atoms with Crippen molar-refractivity contribution in [3.63, 3.8) is 0 Å². The van der Waals surface area contributed by atoms with Crippen LogP contribution in [0.25, 0.3) is 4.98 Å². The van der Waals surface area contributed by atoms with Gasteiger partial charge in [-0.25, -0.2) is 0 Å². The Bertz CT molecular complexity index is 251. The molecule has 6 heteroatoms. The number of aliphatic hydroxyl groups is 1. The molecule has 12 heavy (non-hydrogen) atoms. The molecule has 66 valence electrons. The molecule has 0 rings (SSSR count). The summed E-state index contributed by atoms with van der Waals surface area (Å²) in [4.78, 5) is 12.9. The first-order valence-corrected chi connectivity index (χ1v) is 3.14. The van der Waals surface area contributed by atoms with Gasteiger partial charge in [0.05, 0.1) is 0 Å². The lowest BCUT2D eigenvalue weighted by Gasteiger charge is -2.16. The summed E-state index contributed by atoms with van der Waals surface area (Å²) >= 11 is 0. The van der Waals surface area contributed by atoms with Crippen molar-refractivity contribution in [3.05, 3.63) is 16.9 Å². The number of carboxylic acid groups (broad SMARTS) is 1. The number of carboxylic acids is 1. The maximum absolute atomic E-state index is 10.4. The van der Waals surface area contributed by atoms with E-state index in [1.807, 2.05) is 0 Å². The number of hydrogen-bond acceptors (Lipinski definition) is 4. The predicted molar refractivity (Wildman–Crippen MR) is 40.6 cm³/mol. The molecule has 0 fully saturated rings. The molecule has 4 N–H and O–H groups in total. The van der Waals surface area contributed by atoms with Crippen LogP contribution >= 0.6 is 0 Å². The lowest BCUT2D eigenvalue weighted by Crippen LogP contribution is -2.45. The third kappa shape index (κ3) is 2.98. The Morgan fingerprint density at radius 1 is 1.75 bits per heavy atom. The van der Waals surface area contributed by atoms with Crippen molar-refractivity contribution in [1.29, 1.82) is 5.39 Å². The molecule has 0 spiro atoms. The largest absolute Gasteiger partial charge is 0.505 e. The van der Waals surface area contributed by atoms with Gasteiger partial charge >= 0.3 is 12.2 Å². The first-order valence-electron chi connectivity index (χ1n) is 3.14. The van der Waals surface area contributed by atoms with Crippen molar-refractivity contribution in [2.45, 2.75) is 18.9 Å². The Labute approximate surface area is 68.9 Å². The second-order valence-electron chi connectivity index (χ2n) is 2.64. The normalized spacial score (nSPS) is 16.2. The molecule has 0 saturated heterocycles. The smallest absolute Gasteiger partial charge is 0.387 e. The highest BCUT2D eigenvalue weighted by Gasteiger charge is 2.30. The van der Waals surface area contributed by atoms with Crippen LogP contribution in [0.3, 0.4) is 0 Å². The summed E-state index contributed by atoms with van der Waals surface area (Å²) in [6, 6.07) is 0. The number of carbonyl (C=O) groups is 1. The lowest BCUT2D eigenvalue weighted by molar-refractivity contribution is -0.142. The molecule has 0 aromatic carbocycles. The zero-order valence-corrected chi connectivity index (χ0v) is 6.56. The van der Waals surface area contributed by atoms with Crippen LogP contribution in [0.2, 0.25) is 0 Å². The fourth-order valence-electron chi connectivity index (χ4n) is 0.564. The van der Waals surface area contributed by atoms with E-state index in [0.29, 0.717) is 0 Å². The first-order chi connectivity index (χ1) is 5.40. The SMILES string of the molecule is C[C@](N)(C/C(O)=C\[N+]#N)C(=O)O. The topological polar surface area (TPSA) is 112 Å². The van der Waals surface area contributed by atoms with E-state index in [9.17, 15) is 4.79 Å². The number of aliphatic hydroxyl groups excluding tert-OH is 1. The molecule has 0 aliphatic carbocycles. The molecule has 0 aliphatic heterocycles. The Balaban J connectivity index is 4.37. The van der Waals surface area contributed by atoms with E-state index < -0.39 is 11.5 Å². The average molecular weight is 172 g/mol. The van der Waals surface area contributed by atoms with E-state index in [-0.39, 0.29) is 12.2 Å². The summed E-state index contributed by atoms with van der Waals surface area (Å²) in [5.74, 6) is -1.62. The maximum atomic E-state index is 10.4. The third-order valence-electron chi connectivity index (χ3n) is 1.24. The second-order valence-corrected chi connectivity index (χ2v) is 2.64. The Kier molecular flexibility index (Phi) is 3.19. The number of hydrogen-bond donors (Lipinski definition) is 3. The van der Waals surface area contributed by atoms with Crippen LogP contribution in [0, 0.1) is 5.39 Å². The van der Waals surface area contributed by atoms with Crippen LogP contribution < -0.4 is 5.73 Å². The monoisotopic (exact) mass is 172 g/mol. The van der Waals surface area contributed by atoms with E-state index in [1.54, 1.807) is 0 Å². The fraction of sp³-hybridized carbons (Fsp3) is 0.500. The zero-order chi connectivity index (χ0) is 9.78. The van der Waals surface area contributed by atoms with Crippen LogP contribution in [-0.4, -0.2) is 21.7 Å². The molecule has 0 amide bonds. The first kappa shape index (κ1) is 10.4. The predicted octanol–water partition coefficient (Wildman–Crippen LogP) is 0.431. The van der Waals surface area contributed by atoms with E-state index in [0.717, 1.165) is 6.20 Å². The minimum Gasteiger partial charge on any atom is -0.505 e. The van der Waals surface area contributed by atoms with Gasteiger partial charge in [-0.05, 0) is 6.92 Å². The quantitative estimate of drug-likeness (QED) is 0.422. The minimum absolute atomic E-state index is 0.285. The molecule has 0 saturated carbocycles. The van der Waals surface area contributed by atoms with Crippen LogP contribution in [0.5, 0.6) is 0 Å². The summed E-state index contributed by atoms with van der Waals surface area (Å²) in [6.07, 6.45) is 0.445. The van der Waals surface area contributed by atoms with Gasteiger partial charge in [-0.2, -0.15) is 0 Å². The molecule has 0 unspecified atom stereocenters. The molecular weight excluding hydrogens is 162 g/mol. The molecule has 6 nitrogen and oxygen atoms in total. The van der Waals surface area contributed by atoms with Gasteiger partial charge in [0, 0.05) is 6.42 Å². The molecule has 0 aromatic rings. The van der Waals surface area contributed by atoms with Crippen molar-refractivity contribution in [2.75, 3.05) is 0 Å². The molecule has 0 bridgehead atoms. The minimum atomic E-state index is -1.55. The third-order valence-corrected chi connectivity index (χ3v) is 1.24. The number of aliphatic carboxylic acids is 1. The van der Waals surface area contributed by atoms with Gasteiger partial charge in [0.1, 0.15) is 5.54 Å². The fourth-order valence-corrected chi connectivity index (χ4v) is 0.564. The van der Waals surface area contributed by atoms with E-state index in [4.69, 9.17) is 21.3 Å². The molecule has 1 atom stereocenters. The lowest BCUT2D eigenvalue weighted by atomic mass is 9.99. The van der Waals surface area contributed by atoms with Crippen molar-refractivity contribution >= 4 is 5.97 Å². The highest BCUT2D eigenvalue weighted by atomic mass is 16.4. The van der Waals surface area contributed by atoms with Gasteiger partial charge in [0.2, 0.25) is 5.39 Å². The molecule has 0 aromatic heterocycles. The molecule has 0 radical (unpaired) electrons. The molecular formula is C6H10N3O3+. The van der Waals surface area contributed by atoms with Crippen molar-refractivity contribution in [1.82, 2.24) is 0 Å². The summed E-state index contributed by atoms with van der Waals surface area (Å²) in [5, 5.41) is 25.4. The van der Waals surface area contributed by atoms with E-state index in [2.05, 4.69) is 4.98 Å². The zero-order valence-electron chi connectivity index (χ0n) is 6.56. The summed E-state index contributed by atoms with van der Waals surface area (Å²) in [5.41, 5.74) is 3.72. The van der Waals surface area contributed by atoms with Crippen LogP contribution in [-0.2, 0) is 4.79 Å². The van der Waals surface area contributed by atoms with Gasteiger partial charge in [0.15, 0.2) is 10.7 Å². The number of diazo groups is 1. The van der Waals surface area contributed by atoms with Crippen molar-refractivity contribution < 1.29 is 15.0 Å². The van der Waals surface area contributed by atoms with Gasteiger partial charge in [-0.15, -0.1) is 0 Å². The summed E-state index contributed by atoms with van der Waals surface area (Å²) in [6.45, 7) is 1.25. The Hall–Kier alpha value is -1.61. The van der Waals surface area contributed by atoms with Crippen LogP contribution in [0.1, 0.15) is 13.3 Å². The van der Waals surface area contributed by atoms with E-state index >= 15 is 0 Å². The second kappa shape index (κ2) is 3.69. The average Bonchev–Trinajstić information content (AvgIpc) is 1.85. The Morgan fingerprint density at radius 2 is 2.25 bits per heavy atom. The van der Waals surface area contributed by atoms with Crippen LogP contribution in [0.15, 0.2) is 12.0 Å². The number of nitrogens with two attached hydrogens (primary N) is 1. The van der Waals surface area contributed by atoms with Crippen molar-refractivity contribution in [2.24, 2.45) is 5.73 Å². The van der Waals surface area contributed by atoms with Gasteiger partial charge < -0.3 is 15.9 Å². The highest BCUT2D eigenvalue weighted by Crippen LogP contribution is 2.11. The Morgan fingerprint density at radius 3 is 2.58 bits per heavy atom. The van der Waals surface area contributed by atoms with Gasteiger partial charge in [-0.3, -0.25) is 4.79 Å². The maximum Gasteiger partial charge on any atom is 0.387 e. The van der Waals surface area contributed by atoms with Gasteiger partial charge in [-0.1, -0.05) is 0 Å². The molecule has 0 aliphatic rings. The standard InChI is InChI=1S/C6H9N3O3/c1-6(7,5(11)12)2-4(10)3-9-8/h3H,2,7H2,1H3,(H-,10,11,12)/p+1/b4-3+/t6-/m0/s1. The van der Waals surface area contributed by atoms with Crippen LogP contribution in [0.4, 0.5) is 0 Å². The number of nitrogens with zero attached hydrogens (tertiary/aromatic N) is 2. The van der Waals surface area contributed by atoms with Gasteiger partial charge in [0.25, 0.3) is 0 Å². The summed E-state index contributed by atoms with van der Waals surface area (Å²) in [7, 11) is 0. The highest BCUT2D eigenvalue weighted by molar-refractivity contribution is 5.78. The van der Waals surface area contributed by atoms with Crippen molar-refractivity contribution in [3.8, 4) is 0 Å². The number of rotatable bonds is 3. The van der Waals surface area contributed by atoms with E-state index in [1.165, 1.54) is 6.92 Å². The summed E-state index contributed by atoms with van der Waals surface area (Å²) < 4.78 is 0. The molecule has 0 heterocycles.